The number of ketones is 1. The van der Waals surface area contributed by atoms with Crippen LogP contribution in [-0.4, -0.2) is 74.8 Å². The van der Waals surface area contributed by atoms with Crippen molar-refractivity contribution in [3.8, 4) is 0 Å². The Balaban J connectivity index is 1.17. The first-order valence-corrected chi connectivity index (χ1v) is 17.6. The summed E-state index contributed by atoms with van der Waals surface area (Å²) < 4.78 is 22.8. The van der Waals surface area contributed by atoms with Gasteiger partial charge in [-0.05, 0) is 94.8 Å². The van der Waals surface area contributed by atoms with E-state index in [-0.39, 0.29) is 49.2 Å². The van der Waals surface area contributed by atoms with E-state index in [1.165, 1.54) is 12.2 Å². The van der Waals surface area contributed by atoms with Crippen LogP contribution in [0.5, 0.6) is 0 Å². The molecule has 5 rings (SSSR count). The number of hydrogen-bond donors (Lipinski definition) is 6. The van der Waals surface area contributed by atoms with E-state index in [0.717, 1.165) is 25.7 Å². The second-order valence-corrected chi connectivity index (χ2v) is 15.0. The molecule has 0 saturated heterocycles. The fourth-order valence-electron chi connectivity index (χ4n) is 9.57. The van der Waals surface area contributed by atoms with Crippen LogP contribution >= 0.6 is 0 Å². The second-order valence-electron chi connectivity index (χ2n) is 15.0. The van der Waals surface area contributed by atoms with Gasteiger partial charge in [-0.1, -0.05) is 38.0 Å². The quantitative estimate of drug-likeness (QED) is 0.127. The number of carbonyl (C=O) groups excluding carboxylic acids is 4. The third-order valence-corrected chi connectivity index (χ3v) is 12.2. The van der Waals surface area contributed by atoms with Gasteiger partial charge in [0.15, 0.2) is 11.5 Å². The van der Waals surface area contributed by atoms with E-state index in [4.69, 9.17) is 4.74 Å². The monoisotopic (exact) mass is 686 g/mol. The highest BCUT2D eigenvalue weighted by atomic mass is 19.1. The number of carbonyl (C=O) groups is 4. The number of rotatable bonds is 8. The molecular weight excluding hydrogens is 635 g/mol. The van der Waals surface area contributed by atoms with Crippen molar-refractivity contribution in [1.82, 2.24) is 16.3 Å². The summed E-state index contributed by atoms with van der Waals surface area (Å²) >= 11 is 0. The number of hydrazine groups is 1. The summed E-state index contributed by atoms with van der Waals surface area (Å²) in [6.45, 7) is 4.64. The third kappa shape index (κ3) is 6.61. The minimum atomic E-state index is -2.07. The fourth-order valence-corrected chi connectivity index (χ4v) is 9.57. The van der Waals surface area contributed by atoms with Crippen LogP contribution in [0.1, 0.15) is 97.8 Å². The van der Waals surface area contributed by atoms with Crippen LogP contribution in [0.3, 0.4) is 0 Å². The molecule has 3 amide bonds. The number of amides is 3. The zero-order chi connectivity index (χ0) is 35.6. The number of aliphatic hydroxyl groups excluding tert-OH is 2. The van der Waals surface area contributed by atoms with E-state index in [9.17, 15) is 34.5 Å². The zero-order valence-corrected chi connectivity index (χ0v) is 28.7. The molecule has 1 unspecified atom stereocenters. The molecule has 0 spiro atoms. The molecule has 0 aromatic carbocycles. The lowest BCUT2D eigenvalue weighted by Gasteiger charge is -2.62. The number of hydrogen-bond acceptors (Lipinski definition) is 9. The molecule has 13 heteroatoms. The molecule has 0 heterocycles. The molecule has 5 aliphatic rings. The molecule has 0 aromatic rings. The first kappa shape index (κ1) is 36.9. The molecule has 0 radical (unpaired) electrons. The molecule has 270 valence electrons. The van der Waals surface area contributed by atoms with E-state index in [1.807, 2.05) is 12.2 Å². The van der Waals surface area contributed by atoms with Gasteiger partial charge in [0.2, 0.25) is 11.8 Å². The SMILES string of the molecule is C[C@@H]1C[C@H]2[C@@H]3CCC4=CC(=O)C=C[C@]4(C)[C@@]3(F)[C@@H](O)C[C@]2(C)[C@@]1(O)/C(CO)=N\NC(=O)CCCC(=O)NNC(=O)OC1/C=C/CCCCC1. The Bertz CT molecular complexity index is 1450. The van der Waals surface area contributed by atoms with Gasteiger partial charge < -0.3 is 20.1 Å². The molecule has 6 N–H and O–H groups in total. The maximum Gasteiger partial charge on any atom is 0.426 e. The Labute approximate surface area is 286 Å². The molecule has 3 saturated carbocycles. The van der Waals surface area contributed by atoms with Crippen LogP contribution in [0.25, 0.3) is 0 Å². The average Bonchev–Trinajstić information content (AvgIpc) is 3.23. The fraction of sp³-hybridized carbons (Fsp3) is 0.694. The molecule has 9 atom stereocenters. The lowest BCUT2D eigenvalue weighted by atomic mass is 9.44. The summed E-state index contributed by atoms with van der Waals surface area (Å²) in [5.74, 6) is -2.76. The summed E-state index contributed by atoms with van der Waals surface area (Å²) in [5, 5.41) is 38.5. The Morgan fingerprint density at radius 1 is 1.08 bits per heavy atom. The number of hydrazone groups is 1. The molecule has 0 aliphatic heterocycles. The predicted molar refractivity (Wildman–Crippen MR) is 178 cm³/mol. The first-order chi connectivity index (χ1) is 23.2. The Kier molecular flexibility index (Phi) is 10.9. The highest BCUT2D eigenvalue weighted by Gasteiger charge is 2.75. The van der Waals surface area contributed by atoms with E-state index >= 15 is 4.39 Å². The topological polar surface area (TPSA) is 187 Å². The Hall–Kier alpha value is -3.42. The average molecular weight is 687 g/mol. The van der Waals surface area contributed by atoms with Gasteiger partial charge >= 0.3 is 6.09 Å². The molecule has 49 heavy (non-hydrogen) atoms. The number of nitrogens with one attached hydrogen (secondary N) is 3. The first-order valence-electron chi connectivity index (χ1n) is 17.6. The van der Waals surface area contributed by atoms with Crippen LogP contribution < -0.4 is 16.3 Å². The van der Waals surface area contributed by atoms with Gasteiger partial charge in [0, 0.05) is 29.6 Å². The van der Waals surface area contributed by atoms with Crippen LogP contribution in [-0.2, 0) is 19.1 Å². The third-order valence-electron chi connectivity index (χ3n) is 12.2. The van der Waals surface area contributed by atoms with Crippen molar-refractivity contribution >= 4 is 29.4 Å². The van der Waals surface area contributed by atoms with Gasteiger partial charge in [-0.15, -0.1) is 0 Å². The minimum Gasteiger partial charge on any atom is -0.441 e. The molecular formula is C36H51FN4O8. The lowest BCUT2D eigenvalue weighted by molar-refractivity contribution is -0.209. The van der Waals surface area contributed by atoms with Crippen LogP contribution in [0.2, 0.25) is 0 Å². The van der Waals surface area contributed by atoms with Crippen molar-refractivity contribution in [2.75, 3.05) is 6.61 Å². The van der Waals surface area contributed by atoms with Crippen molar-refractivity contribution in [1.29, 1.82) is 0 Å². The Morgan fingerprint density at radius 3 is 2.59 bits per heavy atom. The number of aliphatic hydroxyl groups is 3. The smallest absolute Gasteiger partial charge is 0.426 e. The van der Waals surface area contributed by atoms with Gasteiger partial charge in [0.25, 0.3) is 0 Å². The zero-order valence-electron chi connectivity index (χ0n) is 28.7. The summed E-state index contributed by atoms with van der Waals surface area (Å²) in [6.07, 6.45) is 11.6. The van der Waals surface area contributed by atoms with Crippen molar-refractivity contribution in [2.45, 2.75) is 121 Å². The molecule has 0 bridgehead atoms. The highest BCUT2D eigenvalue weighted by molar-refractivity contribution is 6.01. The van der Waals surface area contributed by atoms with Crippen molar-refractivity contribution in [3.05, 3.63) is 36.0 Å². The van der Waals surface area contributed by atoms with Gasteiger partial charge in [0.1, 0.15) is 11.7 Å². The number of fused-ring (bicyclic) bond motifs is 5. The van der Waals surface area contributed by atoms with E-state index in [0.29, 0.717) is 31.3 Å². The van der Waals surface area contributed by atoms with Crippen molar-refractivity contribution in [3.63, 3.8) is 0 Å². The second kappa shape index (κ2) is 14.4. The summed E-state index contributed by atoms with van der Waals surface area (Å²) in [6, 6.07) is 0. The van der Waals surface area contributed by atoms with E-state index in [1.54, 1.807) is 26.8 Å². The van der Waals surface area contributed by atoms with Gasteiger partial charge in [-0.2, -0.15) is 5.10 Å². The lowest BCUT2D eigenvalue weighted by Crippen LogP contribution is -2.69. The number of ether oxygens (including phenoxy) is 1. The standard InChI is InChI=1S/C36H51FN4O8/c1-22-18-27-26-15-14-23-19-24(43)16-17-33(23,2)35(26,37)29(44)20-34(27,3)36(22,48)28(21-42)38-39-30(45)12-9-13-31(46)40-41-32(47)49-25-10-7-5-4-6-8-11-25/h7,10,16-17,19,22,25-27,29,42,44,48H,4-6,8-9,11-15,18,20-21H2,1-3H3,(H,39,45)(H,40,46)(H,41,47)/b10-7+,38-28-/t22-,25?,26+,27+,29+,33+,34+,35+,36+/m1/s1. The van der Waals surface area contributed by atoms with Crippen molar-refractivity contribution < 1.29 is 43.6 Å². The van der Waals surface area contributed by atoms with Gasteiger partial charge in [-0.25, -0.2) is 20.0 Å². The maximum absolute atomic E-state index is 17.4. The number of nitrogens with zero attached hydrogens (tertiary/aromatic N) is 1. The van der Waals surface area contributed by atoms with E-state index in [2.05, 4.69) is 21.4 Å². The minimum absolute atomic E-state index is 0.0717. The summed E-state index contributed by atoms with van der Waals surface area (Å²) in [4.78, 5) is 49.1. The maximum atomic E-state index is 17.4. The normalized spacial score (nSPS) is 39.2. The molecule has 5 aliphatic carbocycles. The van der Waals surface area contributed by atoms with E-state index < -0.39 is 64.6 Å². The largest absolute Gasteiger partial charge is 0.441 e. The van der Waals surface area contributed by atoms with Crippen molar-refractivity contribution in [2.24, 2.45) is 33.7 Å². The summed E-state index contributed by atoms with van der Waals surface area (Å²) in [5.41, 5.74) is 1.39. The number of halogens is 1. The van der Waals surface area contributed by atoms with Gasteiger partial charge in [-0.3, -0.25) is 19.8 Å². The van der Waals surface area contributed by atoms with Crippen LogP contribution in [0, 0.1) is 28.6 Å². The summed E-state index contributed by atoms with van der Waals surface area (Å²) in [7, 11) is 0. The highest BCUT2D eigenvalue weighted by Crippen LogP contribution is 2.70. The van der Waals surface area contributed by atoms with Crippen LogP contribution in [0.15, 0.2) is 41.1 Å². The predicted octanol–water partition coefficient (Wildman–Crippen LogP) is 3.62. The number of allylic oxidation sites excluding steroid dienone is 5. The number of alkyl halides is 1. The van der Waals surface area contributed by atoms with Gasteiger partial charge in [0.05, 0.1) is 18.4 Å². The Morgan fingerprint density at radius 2 is 1.84 bits per heavy atom. The van der Waals surface area contributed by atoms with Crippen LogP contribution in [0.4, 0.5) is 9.18 Å². The molecule has 3 fully saturated rings. The molecule has 0 aromatic heterocycles. The molecule has 12 nitrogen and oxygen atoms in total.